The van der Waals surface area contributed by atoms with Crippen LogP contribution in [0.15, 0.2) is 83.5 Å². The van der Waals surface area contributed by atoms with Gasteiger partial charge in [-0.25, -0.2) is 0 Å². The molecule has 7 nitrogen and oxygen atoms in total. The number of benzene rings is 2. The van der Waals surface area contributed by atoms with Gasteiger partial charge in [0.05, 0.1) is 11.9 Å². The van der Waals surface area contributed by atoms with E-state index in [0.717, 1.165) is 35.6 Å². The Labute approximate surface area is 222 Å². The van der Waals surface area contributed by atoms with Crippen molar-refractivity contribution in [1.29, 1.82) is 0 Å². The van der Waals surface area contributed by atoms with E-state index >= 15 is 0 Å². The van der Waals surface area contributed by atoms with Crippen molar-refractivity contribution in [2.24, 2.45) is 11.8 Å². The van der Waals surface area contributed by atoms with Crippen molar-refractivity contribution in [2.75, 3.05) is 6.26 Å². The Morgan fingerprint density at radius 2 is 1.71 bits per heavy atom. The molecule has 2 heterocycles. The van der Waals surface area contributed by atoms with E-state index in [2.05, 4.69) is 58.7 Å². The number of rotatable bonds is 9. The summed E-state index contributed by atoms with van der Waals surface area (Å²) in [5.74, 6) is 2.80. The fourth-order valence-corrected chi connectivity index (χ4v) is 6.64. The average Bonchev–Trinajstić information content (AvgIpc) is 3.69. The molecule has 196 valence electrons. The molecule has 0 spiro atoms. The number of hydrogen-bond donors (Lipinski definition) is 0. The maximum absolute atomic E-state index is 11.3. The van der Waals surface area contributed by atoms with Crippen LogP contribution >= 0.6 is 0 Å². The minimum Gasteiger partial charge on any atom is -0.487 e. The van der Waals surface area contributed by atoms with Crippen LogP contribution in [0.4, 0.5) is 0 Å². The summed E-state index contributed by atoms with van der Waals surface area (Å²) in [6, 6.07) is 24.7. The van der Waals surface area contributed by atoms with Crippen LogP contribution in [0.5, 0.6) is 5.75 Å². The summed E-state index contributed by atoms with van der Waals surface area (Å²) in [5.41, 5.74) is 4.87. The lowest BCUT2D eigenvalue weighted by Gasteiger charge is -2.39. The average molecular weight is 531 g/mol. The molecular weight excluding hydrogens is 500 g/mol. The van der Waals surface area contributed by atoms with Gasteiger partial charge in [-0.1, -0.05) is 54.0 Å². The minimum absolute atomic E-state index is 0.0170. The first-order chi connectivity index (χ1) is 18.4. The van der Waals surface area contributed by atoms with Gasteiger partial charge in [0.1, 0.15) is 24.7 Å². The van der Waals surface area contributed by atoms with E-state index in [-0.39, 0.29) is 12.0 Å². The van der Waals surface area contributed by atoms with Gasteiger partial charge in [-0.3, -0.25) is 9.17 Å². The van der Waals surface area contributed by atoms with Gasteiger partial charge in [-0.15, -0.1) is 0 Å². The monoisotopic (exact) mass is 530 g/mol. The molecule has 38 heavy (non-hydrogen) atoms. The topological polar surface area (TPSA) is 91.5 Å². The summed E-state index contributed by atoms with van der Waals surface area (Å²) in [6.45, 7) is 0.301. The molecule has 2 aliphatic rings. The van der Waals surface area contributed by atoms with Crippen molar-refractivity contribution < 1.29 is 21.9 Å². The zero-order valence-electron chi connectivity index (χ0n) is 21.2. The molecule has 2 aliphatic carbocycles. The van der Waals surface area contributed by atoms with Crippen LogP contribution in [0.2, 0.25) is 0 Å². The van der Waals surface area contributed by atoms with Crippen molar-refractivity contribution in [2.45, 2.75) is 44.3 Å². The first-order valence-electron chi connectivity index (χ1n) is 12.9. The molecule has 0 saturated heterocycles. The van der Waals surface area contributed by atoms with Crippen LogP contribution in [-0.4, -0.2) is 24.8 Å². The van der Waals surface area contributed by atoms with Crippen molar-refractivity contribution >= 4 is 10.1 Å². The fraction of sp³-hybridized carbons (Fsp3) is 0.333. The molecule has 0 aliphatic heterocycles. The third kappa shape index (κ3) is 4.98. The molecular formula is C30H30N2O5S. The zero-order chi connectivity index (χ0) is 26.2. The number of pyridine rings is 1. The Morgan fingerprint density at radius 3 is 2.34 bits per heavy atom. The lowest BCUT2D eigenvalue weighted by molar-refractivity contribution is 0.296. The standard InChI is InChI=1S/C30H30N2O5S/c1-38(33,34)36-20-27-17-29(37-32-27)22-6-9-23(10-7-22)30(18-21-5-8-25(30)16-21)24-11-13-28(14-12-24)35-19-26-4-2-3-15-31-26/h2-4,6-7,9-15,17,21,25H,5,8,16,18-20H2,1H3/t21?,25?,30-/m1/s1. The summed E-state index contributed by atoms with van der Waals surface area (Å²) in [4.78, 5) is 4.33. The predicted molar refractivity (Wildman–Crippen MR) is 143 cm³/mol. The first-order valence-corrected chi connectivity index (χ1v) is 14.7. The number of fused-ring (bicyclic) bond motifs is 2. The van der Waals surface area contributed by atoms with E-state index in [1.54, 1.807) is 12.3 Å². The molecule has 0 radical (unpaired) electrons. The maximum atomic E-state index is 11.3. The van der Waals surface area contributed by atoms with Crippen molar-refractivity contribution in [3.63, 3.8) is 0 Å². The second-order valence-electron chi connectivity index (χ2n) is 10.4. The van der Waals surface area contributed by atoms with Gasteiger partial charge in [-0.2, -0.15) is 8.42 Å². The van der Waals surface area contributed by atoms with Crippen LogP contribution in [-0.2, 0) is 32.9 Å². The normalized spacial score (nSPS) is 22.6. The molecule has 2 fully saturated rings. The van der Waals surface area contributed by atoms with E-state index in [0.29, 0.717) is 24.0 Å². The molecule has 2 bridgehead atoms. The Morgan fingerprint density at radius 1 is 0.947 bits per heavy atom. The Balaban J connectivity index is 1.23. The second kappa shape index (κ2) is 10.0. The van der Waals surface area contributed by atoms with Crippen LogP contribution in [0.25, 0.3) is 11.3 Å². The summed E-state index contributed by atoms with van der Waals surface area (Å²) in [7, 11) is -3.54. The predicted octanol–water partition coefficient (Wildman–Crippen LogP) is 5.90. The number of hydrogen-bond acceptors (Lipinski definition) is 7. The quantitative estimate of drug-likeness (QED) is 0.249. The Bertz CT molecular complexity index is 1500. The molecule has 2 aromatic carbocycles. The molecule has 2 unspecified atom stereocenters. The summed E-state index contributed by atoms with van der Waals surface area (Å²) >= 11 is 0. The van der Waals surface area contributed by atoms with Crippen molar-refractivity contribution in [3.8, 4) is 17.1 Å². The Hall–Kier alpha value is -3.49. The highest BCUT2D eigenvalue weighted by molar-refractivity contribution is 7.85. The molecule has 0 N–H and O–H groups in total. The largest absolute Gasteiger partial charge is 0.487 e. The SMILES string of the molecule is CS(=O)(=O)OCc1cc(-c2ccc([C@@]3(c4ccc(OCc5ccccn5)cc4)CC4CCC3C4)cc2)on1. The van der Waals surface area contributed by atoms with E-state index in [1.165, 1.54) is 30.4 Å². The smallest absolute Gasteiger partial charge is 0.264 e. The molecule has 2 saturated carbocycles. The fourth-order valence-electron chi connectivity index (χ4n) is 6.31. The molecule has 6 rings (SSSR count). The van der Waals surface area contributed by atoms with Gasteiger partial charge < -0.3 is 9.26 Å². The third-order valence-electron chi connectivity index (χ3n) is 8.00. The van der Waals surface area contributed by atoms with E-state index in [9.17, 15) is 8.42 Å². The van der Waals surface area contributed by atoms with Crippen LogP contribution in [0, 0.1) is 11.8 Å². The first kappa shape index (κ1) is 24.8. The van der Waals surface area contributed by atoms with Gasteiger partial charge in [0.15, 0.2) is 5.76 Å². The maximum Gasteiger partial charge on any atom is 0.264 e. The van der Waals surface area contributed by atoms with Crippen LogP contribution in [0.3, 0.4) is 0 Å². The molecule has 8 heteroatoms. The highest BCUT2D eigenvalue weighted by Gasteiger charge is 2.52. The summed E-state index contributed by atoms with van der Waals surface area (Å²) < 4.78 is 38.8. The summed E-state index contributed by atoms with van der Waals surface area (Å²) in [5, 5.41) is 3.95. The highest BCUT2D eigenvalue weighted by Crippen LogP contribution is 2.60. The molecule has 3 atom stereocenters. The molecule has 2 aromatic heterocycles. The van der Waals surface area contributed by atoms with Gasteiger partial charge in [0.25, 0.3) is 10.1 Å². The van der Waals surface area contributed by atoms with Crippen LogP contribution < -0.4 is 4.74 Å². The van der Waals surface area contributed by atoms with Crippen molar-refractivity contribution in [1.82, 2.24) is 10.1 Å². The lowest BCUT2D eigenvalue weighted by atomic mass is 9.64. The van der Waals surface area contributed by atoms with E-state index < -0.39 is 10.1 Å². The van der Waals surface area contributed by atoms with E-state index in [4.69, 9.17) is 13.4 Å². The Kier molecular flexibility index (Phi) is 6.53. The zero-order valence-corrected chi connectivity index (χ0v) is 22.1. The van der Waals surface area contributed by atoms with Gasteiger partial charge in [0.2, 0.25) is 0 Å². The number of nitrogens with zero attached hydrogens (tertiary/aromatic N) is 2. The lowest BCUT2D eigenvalue weighted by Crippen LogP contribution is -2.33. The molecule has 0 amide bonds. The van der Waals surface area contributed by atoms with Crippen LogP contribution in [0.1, 0.15) is 48.2 Å². The van der Waals surface area contributed by atoms with Gasteiger partial charge >= 0.3 is 0 Å². The van der Waals surface area contributed by atoms with Gasteiger partial charge in [0, 0.05) is 23.2 Å². The number of ether oxygens (including phenoxy) is 1. The van der Waals surface area contributed by atoms with Crippen molar-refractivity contribution in [3.05, 3.63) is 102 Å². The summed E-state index contributed by atoms with van der Waals surface area (Å²) in [6.07, 6.45) is 7.77. The van der Waals surface area contributed by atoms with Gasteiger partial charge in [-0.05, 0) is 66.5 Å². The highest BCUT2D eigenvalue weighted by atomic mass is 32.2. The van der Waals surface area contributed by atoms with E-state index in [1.807, 2.05) is 18.2 Å². The number of aromatic nitrogens is 2. The third-order valence-corrected chi connectivity index (χ3v) is 8.54. The second-order valence-corrected chi connectivity index (χ2v) is 12.1. The minimum atomic E-state index is -3.54. The molecule has 4 aromatic rings.